The van der Waals surface area contributed by atoms with E-state index in [-0.39, 0.29) is 62.3 Å². The maximum atomic E-state index is 13.2. The van der Waals surface area contributed by atoms with E-state index in [0.29, 0.717) is 17.2 Å². The second kappa shape index (κ2) is 55.0. The zero-order chi connectivity index (χ0) is 95.8. The van der Waals surface area contributed by atoms with Crippen molar-refractivity contribution in [1.82, 2.24) is 0 Å². The van der Waals surface area contributed by atoms with Gasteiger partial charge in [0.05, 0.1) is 41.8 Å². The number of halogens is 13. The molecule has 0 aliphatic heterocycles. The van der Waals surface area contributed by atoms with E-state index in [4.69, 9.17) is 28.4 Å². The normalized spacial score (nSPS) is 11.1. The van der Waals surface area contributed by atoms with Crippen LogP contribution in [0.4, 0.5) is 22.0 Å². The number of rotatable bonds is 26. The van der Waals surface area contributed by atoms with Gasteiger partial charge in [0, 0.05) is 52.8 Å². The lowest BCUT2D eigenvalue weighted by atomic mass is 10.0. The number of carboxylic acid groups (broad SMARTS) is 8. The molecule has 0 aromatic heterocycles. The van der Waals surface area contributed by atoms with Crippen molar-refractivity contribution in [3.63, 3.8) is 0 Å². The van der Waals surface area contributed by atoms with E-state index >= 15 is 0 Å². The average molecular weight is 2260 g/mol. The second-order valence-electron chi connectivity index (χ2n) is 25.1. The van der Waals surface area contributed by atoms with Gasteiger partial charge < -0.3 is 117 Å². The fourth-order valence-corrected chi connectivity index (χ4v) is 7.88. The van der Waals surface area contributed by atoms with E-state index < -0.39 is 181 Å². The smallest absolute Gasteiger partial charge is 0.327 e. The summed E-state index contributed by atoms with van der Waals surface area (Å²) in [6, 6.07) is 26.8. The number of aliphatic carboxylic acids is 1. The SMILES string of the molecule is CC(Br)C(=O)Oc1ccc(C(=O)[O-])c(F)c1.CC(Br)C(=O)Oc1ccc(C(=O)[O-])cc1.CC(C)(Br)C(=O)Oc1ccc(C(=O)[O-])c(F)c1.CC(C)(Br)C(=O)Oc1ccc(C(=O)[O-])cc1.CC(C)C(CC(=O)[O-])OC(=O)C(C)(C)Br.O=C(CBr)Oc1ccc(C(=O)[O-])c(F)c1.O=C(CBr)Oc1ccc(C(=O)[O-])c(F)c1F.O=C(CBr)Oc1ccc(C(=O)[O-])cc1. The Morgan fingerprint density at radius 1 is 0.331 bits per heavy atom. The molecule has 0 saturated carbocycles. The monoisotopic (exact) mass is 2250 g/mol. The Hall–Kier alpha value is -10.5. The molecule has 0 aliphatic rings. The van der Waals surface area contributed by atoms with Gasteiger partial charge in [-0.2, -0.15) is 4.39 Å². The van der Waals surface area contributed by atoms with E-state index in [2.05, 4.69) is 137 Å². The van der Waals surface area contributed by atoms with Gasteiger partial charge >= 0.3 is 47.8 Å². The molecule has 0 N–H and O–H groups in total. The van der Waals surface area contributed by atoms with Crippen LogP contribution in [0.2, 0.25) is 0 Å². The Bertz CT molecular complexity index is 4940. The molecular weight excluding hydrogens is 2200 g/mol. The first-order valence-electron chi connectivity index (χ1n) is 33.8. The van der Waals surface area contributed by atoms with Crippen molar-refractivity contribution in [3.8, 4) is 40.2 Å². The minimum Gasteiger partial charge on any atom is -0.550 e. The van der Waals surface area contributed by atoms with Crippen LogP contribution >= 0.6 is 127 Å². The highest BCUT2D eigenvalue weighted by Gasteiger charge is 2.31. The molecule has 0 spiro atoms. The van der Waals surface area contributed by atoms with Crippen LogP contribution in [0.15, 0.2) is 140 Å². The third-order valence-electron chi connectivity index (χ3n) is 13.4. The molecule has 3 unspecified atom stereocenters. The van der Waals surface area contributed by atoms with Gasteiger partial charge in [-0.05, 0) is 199 Å². The number of hydrogen-bond acceptors (Lipinski definition) is 32. The lowest BCUT2D eigenvalue weighted by molar-refractivity contribution is -0.308. The predicted molar refractivity (Wildman–Crippen MR) is 436 cm³/mol. The molecule has 0 amide bonds. The van der Waals surface area contributed by atoms with Crippen LogP contribution in [-0.4, -0.2) is 140 Å². The quantitative estimate of drug-likeness (QED) is 0.0246. The molecule has 0 aliphatic carbocycles. The van der Waals surface area contributed by atoms with Crippen LogP contribution in [0.1, 0.15) is 148 Å². The van der Waals surface area contributed by atoms with Gasteiger partial charge in [0.15, 0.2) is 11.6 Å². The number of carbonyl (C=O) groups excluding carboxylic acids is 16. The maximum Gasteiger partial charge on any atom is 0.327 e. The topological polar surface area (TPSA) is 531 Å². The maximum absolute atomic E-state index is 13.2. The number of esters is 8. The summed E-state index contributed by atoms with van der Waals surface area (Å²) in [7, 11) is 0. The molecule has 7 aromatic carbocycles. The first-order valence-corrected chi connectivity index (χ1v) is 41.4. The van der Waals surface area contributed by atoms with Gasteiger partial charge in [0.25, 0.3) is 0 Å². The molecule has 672 valence electrons. The van der Waals surface area contributed by atoms with E-state index in [0.717, 1.165) is 48.5 Å². The number of aromatic carboxylic acids is 7. The summed E-state index contributed by atoms with van der Waals surface area (Å²) < 4.78 is 102. The van der Waals surface area contributed by atoms with Gasteiger partial charge in [-0.25, -0.2) is 17.6 Å². The van der Waals surface area contributed by atoms with Gasteiger partial charge in [-0.1, -0.05) is 141 Å². The zero-order valence-corrected chi connectivity index (χ0v) is 78.1. The summed E-state index contributed by atoms with van der Waals surface area (Å²) in [5, 5.41) is 83.1. The molecule has 0 bridgehead atoms. The molecule has 3 atom stereocenters. The van der Waals surface area contributed by atoms with Gasteiger partial charge in [-0.3, -0.25) is 38.4 Å². The number of carbonyl (C=O) groups is 16. The Labute approximate surface area is 768 Å². The summed E-state index contributed by atoms with van der Waals surface area (Å²) in [5.74, 6) is -22.4. The highest BCUT2D eigenvalue weighted by Crippen LogP contribution is 2.28. The molecule has 0 fully saturated rings. The first kappa shape index (κ1) is 114. The Morgan fingerprint density at radius 3 is 0.863 bits per heavy atom. The summed E-state index contributed by atoms with van der Waals surface area (Å²) in [4.78, 5) is 171. The highest BCUT2D eigenvalue weighted by molar-refractivity contribution is 9.11. The lowest BCUT2D eigenvalue weighted by Crippen LogP contribution is -2.37. The van der Waals surface area contributed by atoms with Gasteiger partial charge in [0.2, 0.25) is 5.82 Å². The fourth-order valence-electron chi connectivity index (χ4n) is 7.09. The molecule has 32 nitrogen and oxygen atoms in total. The number of carboxylic acids is 8. The molecule has 124 heavy (non-hydrogen) atoms. The highest BCUT2D eigenvalue weighted by atomic mass is 79.9. The molecular formula is C79H65Br8F5O32-8. The zero-order valence-electron chi connectivity index (χ0n) is 65.4. The van der Waals surface area contributed by atoms with E-state index in [1.54, 1.807) is 69.2 Å². The van der Waals surface area contributed by atoms with Crippen LogP contribution in [0.25, 0.3) is 0 Å². The Balaban J connectivity index is 0.00000140. The predicted octanol–water partition coefficient (Wildman–Crippen LogP) is 6.35. The Kier molecular flexibility index (Phi) is 50.4. The van der Waals surface area contributed by atoms with Crippen molar-refractivity contribution in [2.24, 2.45) is 5.92 Å². The van der Waals surface area contributed by atoms with Crippen LogP contribution in [0.3, 0.4) is 0 Å². The summed E-state index contributed by atoms with van der Waals surface area (Å²) in [6.45, 7) is 16.5. The summed E-state index contributed by atoms with van der Waals surface area (Å²) in [5.41, 5.74) is -2.54. The number of benzene rings is 7. The minimum atomic E-state index is -1.85. The third kappa shape index (κ3) is 44.2. The van der Waals surface area contributed by atoms with Crippen molar-refractivity contribution < 1.29 is 177 Å². The number of alkyl halides is 8. The average Bonchev–Trinajstić information content (AvgIpc) is 0.821. The van der Waals surface area contributed by atoms with Crippen molar-refractivity contribution in [3.05, 3.63) is 208 Å². The molecule has 0 heterocycles. The second-order valence-corrected chi connectivity index (χ2v) is 35.5. The molecule has 0 radical (unpaired) electrons. The van der Waals surface area contributed by atoms with Gasteiger partial charge in [0.1, 0.15) is 96.7 Å². The number of ether oxygens (including phenoxy) is 8. The molecule has 0 saturated heterocycles. The minimum absolute atomic E-state index is 0.0309. The summed E-state index contributed by atoms with van der Waals surface area (Å²) in [6.07, 6.45) is -0.911. The van der Waals surface area contributed by atoms with E-state index in [1.165, 1.54) is 91.0 Å². The standard InChI is InChI=1S/C11H10BrFO4.C11H11BrO4.C10H8BrFO4.C10H9BrO4.C10H17BrO4.C9H5BrF2O4.C9H6BrFO4.C9H7BrO4/c1-11(2,12)10(16)17-6-3-4-7(9(14)15)8(13)5-6;1-11(2,12)10(15)16-8-5-3-7(4-6-8)9(13)14;1-5(11)10(15)16-6-2-3-7(9(13)14)8(12)4-6;1-6(11)10(14)15-8-4-2-7(3-5-8)9(12)13;1-6(2)7(5-8(12)13)15-9(14)10(3,4)11;10-3-6(13)16-5-2-1-4(9(14)15)7(11)8(5)12;10-4-8(12)15-5-1-2-6(9(13)14)7(11)3-5;10-5-8(11)14-7-3-1-6(2-4-7)9(12)13/h3-5H,1-2H3,(H,14,15);3-6H,1-2H3,(H,13,14);2-5H,1H3,(H,13,14);2-6H,1H3,(H,12,13);6-7H,5H2,1-4H3,(H,12,13);1-2H,3H2,(H,14,15);1-3H,4H2,(H,13,14);1-4H,5H2,(H,12,13)/p-8. The van der Waals surface area contributed by atoms with Crippen LogP contribution < -0.4 is 74.0 Å². The van der Waals surface area contributed by atoms with E-state index in [9.17, 15) is 140 Å². The van der Waals surface area contributed by atoms with Crippen molar-refractivity contribution >= 4 is 223 Å². The summed E-state index contributed by atoms with van der Waals surface area (Å²) >= 11 is 24.0. The van der Waals surface area contributed by atoms with Crippen LogP contribution in [-0.2, 0) is 47.9 Å². The molecule has 7 rings (SSSR count). The van der Waals surface area contributed by atoms with Crippen LogP contribution in [0, 0.1) is 35.0 Å². The largest absolute Gasteiger partial charge is 0.550 e. The van der Waals surface area contributed by atoms with Gasteiger partial charge in [-0.15, -0.1) is 0 Å². The van der Waals surface area contributed by atoms with E-state index in [1.807, 2.05) is 0 Å². The van der Waals surface area contributed by atoms with Crippen molar-refractivity contribution in [2.75, 3.05) is 16.0 Å². The fraction of sp³-hybridized carbons (Fsp3) is 0.266. The number of hydrogen-bond donors (Lipinski definition) is 0. The van der Waals surface area contributed by atoms with Crippen molar-refractivity contribution in [2.45, 2.75) is 104 Å². The first-order chi connectivity index (χ1) is 57.2. The molecule has 7 aromatic rings. The Morgan fingerprint density at radius 2 is 0.589 bits per heavy atom. The van der Waals surface area contributed by atoms with Crippen LogP contribution in [0.5, 0.6) is 40.2 Å². The lowest BCUT2D eigenvalue weighted by Gasteiger charge is -2.25. The van der Waals surface area contributed by atoms with Crippen molar-refractivity contribution in [1.29, 1.82) is 0 Å². The third-order valence-corrected chi connectivity index (χ3v) is 16.5. The molecule has 45 heteroatoms.